The maximum absolute atomic E-state index is 14.5. The Morgan fingerprint density at radius 2 is 1.65 bits per heavy atom. The average molecular weight is 567 g/mol. The van der Waals surface area contributed by atoms with Crippen molar-refractivity contribution in [2.24, 2.45) is 0 Å². The Morgan fingerprint density at radius 1 is 1.00 bits per heavy atom. The number of hydrogen-bond acceptors (Lipinski definition) is 9. The molecule has 0 amide bonds. The Balaban J connectivity index is 1.75. The van der Waals surface area contributed by atoms with E-state index in [1.54, 1.807) is 42.5 Å². The lowest BCUT2D eigenvalue weighted by Gasteiger charge is -2.39. The molecular weight excluding hydrogens is 537 g/mol. The first-order chi connectivity index (χ1) is 19.0. The van der Waals surface area contributed by atoms with E-state index in [0.717, 1.165) is 12.0 Å². The molecule has 1 aliphatic rings. The summed E-state index contributed by atoms with van der Waals surface area (Å²) in [4.78, 5) is 11.3. The van der Waals surface area contributed by atoms with Gasteiger partial charge in [-0.1, -0.05) is 49.4 Å². The second-order valence-electron chi connectivity index (χ2n) is 9.20. The normalized spacial score (nSPS) is 23.1. The molecule has 5 atom stereocenters. The summed E-state index contributed by atoms with van der Waals surface area (Å²) in [5.74, 6) is -1.56. The van der Waals surface area contributed by atoms with Crippen molar-refractivity contribution in [2.45, 2.75) is 56.6 Å². The standard InChI is InChI=1S/C27H29F3N2O8/c1-2-15-8-10-16(11-9-15)12-18-24(27(28,29)30)32(17-6-4-3-5-7-17)31-25(18)40-26-23(37)22(36)21(35)19(39-26)14-38-20(34)13-33/h3-11,19,21-23,26,33,35-37H,2,12-14H2,1H3/t19-,21-,22+,23-,26+/m1/s1. The number of para-hydroxylation sites is 1. The molecule has 13 heteroatoms. The Hall–Kier alpha value is -3.49. The van der Waals surface area contributed by atoms with Crippen molar-refractivity contribution in [3.8, 4) is 11.6 Å². The van der Waals surface area contributed by atoms with Crippen LogP contribution in [0.1, 0.15) is 29.3 Å². The van der Waals surface area contributed by atoms with E-state index < -0.39 is 67.6 Å². The van der Waals surface area contributed by atoms with E-state index in [0.29, 0.717) is 10.2 Å². The minimum absolute atomic E-state index is 0.0987. The molecule has 0 unspecified atom stereocenters. The van der Waals surface area contributed by atoms with Gasteiger partial charge in [0.25, 0.3) is 0 Å². The number of rotatable bonds is 9. The number of ether oxygens (including phenoxy) is 3. The molecule has 0 aliphatic carbocycles. The van der Waals surface area contributed by atoms with E-state index in [-0.39, 0.29) is 17.7 Å². The zero-order valence-corrected chi connectivity index (χ0v) is 21.4. The van der Waals surface area contributed by atoms with Gasteiger partial charge in [-0.2, -0.15) is 13.2 Å². The van der Waals surface area contributed by atoms with Crippen LogP contribution in [-0.2, 0) is 33.3 Å². The van der Waals surface area contributed by atoms with Crippen LogP contribution in [0.5, 0.6) is 5.88 Å². The van der Waals surface area contributed by atoms with Crippen LogP contribution in [0.25, 0.3) is 5.69 Å². The number of halogens is 3. The van der Waals surface area contributed by atoms with Crippen molar-refractivity contribution in [1.29, 1.82) is 0 Å². The molecule has 216 valence electrons. The van der Waals surface area contributed by atoms with E-state index in [4.69, 9.17) is 19.3 Å². The van der Waals surface area contributed by atoms with Crippen LogP contribution >= 0.6 is 0 Å². The molecule has 1 aliphatic heterocycles. The maximum Gasteiger partial charge on any atom is 0.433 e. The summed E-state index contributed by atoms with van der Waals surface area (Å²) in [5.41, 5.74) is 0.180. The number of nitrogens with zero attached hydrogens (tertiary/aromatic N) is 2. The van der Waals surface area contributed by atoms with Crippen molar-refractivity contribution in [3.05, 3.63) is 77.0 Å². The lowest BCUT2D eigenvalue weighted by Crippen LogP contribution is -2.60. The van der Waals surface area contributed by atoms with Crippen molar-refractivity contribution in [3.63, 3.8) is 0 Å². The van der Waals surface area contributed by atoms with Crippen molar-refractivity contribution < 1.29 is 52.6 Å². The summed E-state index contributed by atoms with van der Waals surface area (Å²) in [5, 5.41) is 44.1. The fourth-order valence-electron chi connectivity index (χ4n) is 4.31. The number of aryl methyl sites for hydroxylation is 1. The van der Waals surface area contributed by atoms with Gasteiger partial charge in [0.1, 0.15) is 37.6 Å². The molecule has 1 fully saturated rings. The van der Waals surface area contributed by atoms with E-state index in [1.807, 2.05) is 6.92 Å². The number of carbonyl (C=O) groups is 1. The Bertz CT molecular complexity index is 1280. The molecule has 4 rings (SSSR count). The summed E-state index contributed by atoms with van der Waals surface area (Å²) in [7, 11) is 0. The topological polar surface area (TPSA) is 144 Å². The minimum Gasteiger partial charge on any atom is -0.461 e. The van der Waals surface area contributed by atoms with E-state index >= 15 is 0 Å². The van der Waals surface area contributed by atoms with Gasteiger partial charge in [-0.15, -0.1) is 5.10 Å². The van der Waals surface area contributed by atoms with Gasteiger partial charge in [0.15, 0.2) is 5.69 Å². The minimum atomic E-state index is -4.87. The molecule has 2 aromatic carbocycles. The molecule has 4 N–H and O–H groups in total. The van der Waals surface area contributed by atoms with E-state index in [1.165, 1.54) is 12.1 Å². The van der Waals surface area contributed by atoms with Crippen LogP contribution in [0.3, 0.4) is 0 Å². The van der Waals surface area contributed by atoms with Crippen LogP contribution in [0.4, 0.5) is 13.2 Å². The molecule has 3 aromatic rings. The highest BCUT2D eigenvalue weighted by Crippen LogP contribution is 2.40. The number of aliphatic hydroxyl groups excluding tert-OH is 4. The Morgan fingerprint density at radius 3 is 2.25 bits per heavy atom. The Labute approximate surface area is 227 Å². The molecule has 0 bridgehead atoms. The lowest BCUT2D eigenvalue weighted by atomic mass is 9.99. The summed E-state index contributed by atoms with van der Waals surface area (Å²) >= 11 is 0. The number of hydrogen-bond donors (Lipinski definition) is 4. The third-order valence-electron chi connectivity index (χ3n) is 6.46. The van der Waals surface area contributed by atoms with Crippen molar-refractivity contribution >= 4 is 5.97 Å². The largest absolute Gasteiger partial charge is 0.461 e. The van der Waals surface area contributed by atoms with Crippen molar-refractivity contribution in [1.82, 2.24) is 9.78 Å². The van der Waals surface area contributed by atoms with Crippen molar-refractivity contribution in [2.75, 3.05) is 13.2 Å². The zero-order valence-electron chi connectivity index (χ0n) is 21.4. The number of alkyl halides is 3. The summed E-state index contributed by atoms with van der Waals surface area (Å²) in [6.07, 6.45) is -13.1. The predicted octanol–water partition coefficient (Wildman–Crippen LogP) is 1.77. The molecule has 10 nitrogen and oxygen atoms in total. The van der Waals surface area contributed by atoms with Gasteiger partial charge in [0, 0.05) is 6.42 Å². The highest BCUT2D eigenvalue weighted by atomic mass is 19.4. The fourth-order valence-corrected chi connectivity index (χ4v) is 4.31. The maximum atomic E-state index is 14.5. The monoisotopic (exact) mass is 566 g/mol. The first-order valence-corrected chi connectivity index (χ1v) is 12.5. The highest BCUT2D eigenvalue weighted by molar-refractivity contribution is 5.70. The lowest BCUT2D eigenvalue weighted by molar-refractivity contribution is -0.279. The van der Waals surface area contributed by atoms with Crippen LogP contribution in [0.2, 0.25) is 0 Å². The molecule has 0 radical (unpaired) electrons. The second-order valence-corrected chi connectivity index (χ2v) is 9.20. The number of carbonyl (C=O) groups excluding carboxylic acids is 1. The molecular formula is C27H29F3N2O8. The number of aliphatic hydroxyl groups is 4. The van der Waals surface area contributed by atoms with Gasteiger partial charge in [-0.25, -0.2) is 9.48 Å². The van der Waals surface area contributed by atoms with Gasteiger partial charge in [-0.05, 0) is 29.7 Å². The second kappa shape index (κ2) is 12.4. The molecule has 0 spiro atoms. The summed E-state index contributed by atoms with van der Waals surface area (Å²) in [6.45, 7) is 0.367. The first kappa shape index (κ1) is 29.5. The number of benzene rings is 2. The van der Waals surface area contributed by atoms with E-state index in [9.17, 15) is 33.3 Å². The smallest absolute Gasteiger partial charge is 0.433 e. The van der Waals surface area contributed by atoms with Crippen LogP contribution in [0, 0.1) is 0 Å². The quantitative estimate of drug-likeness (QED) is 0.285. The molecule has 0 saturated carbocycles. The van der Waals surface area contributed by atoms with Gasteiger partial charge in [-0.3, -0.25) is 0 Å². The fraction of sp³-hybridized carbons (Fsp3) is 0.407. The van der Waals surface area contributed by atoms with Crippen LogP contribution in [0.15, 0.2) is 54.6 Å². The number of esters is 1. The number of aromatic nitrogens is 2. The molecule has 2 heterocycles. The van der Waals surface area contributed by atoms with Gasteiger partial charge >= 0.3 is 12.1 Å². The van der Waals surface area contributed by atoms with Gasteiger partial charge < -0.3 is 34.6 Å². The average Bonchev–Trinajstić information content (AvgIpc) is 3.31. The van der Waals surface area contributed by atoms with Crippen LogP contribution in [-0.4, -0.2) is 80.1 Å². The first-order valence-electron chi connectivity index (χ1n) is 12.5. The highest BCUT2D eigenvalue weighted by Gasteiger charge is 2.47. The zero-order chi connectivity index (χ0) is 29.0. The molecule has 40 heavy (non-hydrogen) atoms. The van der Waals surface area contributed by atoms with Crippen LogP contribution < -0.4 is 4.74 Å². The third kappa shape index (κ3) is 6.45. The van der Waals surface area contributed by atoms with Gasteiger partial charge in [0.2, 0.25) is 12.2 Å². The molecule has 1 saturated heterocycles. The van der Waals surface area contributed by atoms with E-state index in [2.05, 4.69) is 5.10 Å². The third-order valence-corrected chi connectivity index (χ3v) is 6.46. The summed E-state index contributed by atoms with van der Waals surface area (Å²) in [6, 6.07) is 14.6. The SMILES string of the molecule is CCc1ccc(Cc2c(O[C@@H]3O[C@H](COC(=O)CO)[C@@H](O)[C@H](O)[C@H]3O)nn(-c3ccccc3)c2C(F)(F)F)cc1. The Kier molecular flexibility index (Phi) is 9.11. The molecule has 1 aromatic heterocycles. The summed E-state index contributed by atoms with van der Waals surface area (Å²) < 4.78 is 60.2. The predicted molar refractivity (Wildman–Crippen MR) is 133 cm³/mol. The van der Waals surface area contributed by atoms with Gasteiger partial charge in [0.05, 0.1) is 11.3 Å².